The van der Waals surface area contributed by atoms with Gasteiger partial charge in [0.1, 0.15) is 11.3 Å². The Morgan fingerprint density at radius 1 is 1.12 bits per heavy atom. The van der Waals surface area contributed by atoms with Crippen molar-refractivity contribution in [1.82, 2.24) is 5.32 Å². The fourth-order valence-electron chi connectivity index (χ4n) is 2.38. The molecule has 7 nitrogen and oxygen atoms in total. The Bertz CT molecular complexity index is 757. The summed E-state index contributed by atoms with van der Waals surface area (Å²) < 4.78 is 5.32. The quantitative estimate of drug-likeness (QED) is 0.595. The molecule has 0 aliphatic heterocycles. The Hall–Kier alpha value is -3.09. The van der Waals surface area contributed by atoms with Crippen LogP contribution >= 0.6 is 0 Å². The number of ether oxygens (including phenoxy) is 1. The Balaban J connectivity index is 2.15. The van der Waals surface area contributed by atoms with Gasteiger partial charge in [-0.2, -0.15) is 0 Å². The Morgan fingerprint density at radius 3 is 2.35 bits per heavy atom. The molecule has 0 fully saturated rings. The van der Waals surface area contributed by atoms with Gasteiger partial charge in [0.15, 0.2) is 0 Å². The number of anilines is 1. The third-order valence-corrected chi connectivity index (χ3v) is 3.49. The van der Waals surface area contributed by atoms with Crippen LogP contribution in [0.2, 0.25) is 0 Å². The molecule has 7 heteroatoms. The normalized spacial score (nSPS) is 12.1. The number of nitrogens with zero attached hydrogens (tertiary/aromatic N) is 1. The summed E-state index contributed by atoms with van der Waals surface area (Å²) >= 11 is 0. The number of carbonyl (C=O) groups is 1. The van der Waals surface area contributed by atoms with E-state index in [-0.39, 0.29) is 12.2 Å². The monoisotopic (exact) mass is 357 g/mol. The van der Waals surface area contributed by atoms with Crippen molar-refractivity contribution in [2.45, 2.75) is 32.4 Å². The molecule has 26 heavy (non-hydrogen) atoms. The summed E-state index contributed by atoms with van der Waals surface area (Å²) in [6.45, 7) is 5.63. The maximum atomic E-state index is 12.2. The molecule has 0 aliphatic rings. The minimum Gasteiger partial charge on any atom is -0.444 e. The minimum absolute atomic E-state index is 0.0171. The molecule has 2 aromatic carbocycles. The largest absolute Gasteiger partial charge is 0.444 e. The van der Waals surface area contributed by atoms with Gasteiger partial charge in [-0.3, -0.25) is 10.1 Å². The van der Waals surface area contributed by atoms with E-state index >= 15 is 0 Å². The van der Waals surface area contributed by atoms with Gasteiger partial charge in [-0.1, -0.05) is 42.5 Å². The van der Waals surface area contributed by atoms with E-state index in [9.17, 15) is 14.9 Å². The van der Waals surface area contributed by atoms with Gasteiger partial charge in [0, 0.05) is 12.6 Å². The van der Waals surface area contributed by atoms with Crippen LogP contribution in [0.3, 0.4) is 0 Å². The predicted molar refractivity (Wildman–Crippen MR) is 100 cm³/mol. The van der Waals surface area contributed by atoms with Crippen LogP contribution in [0.25, 0.3) is 0 Å². The Kier molecular flexibility index (Phi) is 6.16. The second-order valence-electron chi connectivity index (χ2n) is 6.76. The molecule has 1 amide bonds. The van der Waals surface area contributed by atoms with Crippen molar-refractivity contribution >= 4 is 17.5 Å². The number of rotatable bonds is 6. The first-order valence-corrected chi connectivity index (χ1v) is 8.28. The molecule has 1 atom stereocenters. The molecule has 0 heterocycles. The third kappa shape index (κ3) is 5.77. The maximum Gasteiger partial charge on any atom is 0.408 e. The summed E-state index contributed by atoms with van der Waals surface area (Å²) in [6.07, 6.45) is -0.546. The van der Waals surface area contributed by atoms with Gasteiger partial charge in [-0.05, 0) is 32.4 Å². The molecule has 0 unspecified atom stereocenters. The smallest absolute Gasteiger partial charge is 0.408 e. The average molecular weight is 357 g/mol. The Labute approximate surface area is 152 Å². The number of carbonyl (C=O) groups excluding carboxylic acids is 1. The van der Waals surface area contributed by atoms with Crippen LogP contribution in [0.15, 0.2) is 54.6 Å². The SMILES string of the molecule is CC(C)(C)OC(=O)N[C@@H](CNc1ccccc1[N+](=O)[O-])c1ccccc1. The number of para-hydroxylation sites is 2. The van der Waals surface area contributed by atoms with Crippen LogP contribution in [0.4, 0.5) is 16.2 Å². The van der Waals surface area contributed by atoms with Crippen molar-refractivity contribution in [1.29, 1.82) is 0 Å². The Morgan fingerprint density at radius 2 is 1.73 bits per heavy atom. The number of nitrogens with one attached hydrogen (secondary N) is 2. The molecule has 0 aromatic heterocycles. The van der Waals surface area contributed by atoms with E-state index in [0.717, 1.165) is 5.56 Å². The topological polar surface area (TPSA) is 93.5 Å². The van der Waals surface area contributed by atoms with E-state index in [1.54, 1.807) is 39.0 Å². The fourth-order valence-corrected chi connectivity index (χ4v) is 2.38. The van der Waals surface area contributed by atoms with Crippen LogP contribution < -0.4 is 10.6 Å². The highest BCUT2D eigenvalue weighted by molar-refractivity contribution is 5.69. The van der Waals surface area contributed by atoms with Gasteiger partial charge in [-0.25, -0.2) is 4.79 Å². The lowest BCUT2D eigenvalue weighted by atomic mass is 10.1. The predicted octanol–water partition coefficient (Wildman–Crippen LogP) is 4.27. The lowest BCUT2D eigenvalue weighted by molar-refractivity contribution is -0.384. The number of alkyl carbamates (subject to hydrolysis) is 1. The molecule has 0 bridgehead atoms. The summed E-state index contributed by atoms with van der Waals surface area (Å²) in [4.78, 5) is 22.9. The number of nitro groups is 1. The average Bonchev–Trinajstić information content (AvgIpc) is 2.58. The van der Waals surface area contributed by atoms with Gasteiger partial charge < -0.3 is 15.4 Å². The van der Waals surface area contributed by atoms with E-state index in [4.69, 9.17) is 4.74 Å². The van der Waals surface area contributed by atoms with Crippen molar-refractivity contribution in [3.05, 3.63) is 70.3 Å². The number of benzene rings is 2. The number of hydrogen-bond acceptors (Lipinski definition) is 5. The first-order valence-electron chi connectivity index (χ1n) is 8.28. The van der Waals surface area contributed by atoms with Crippen molar-refractivity contribution in [2.24, 2.45) is 0 Å². The highest BCUT2D eigenvalue weighted by atomic mass is 16.6. The molecular formula is C19H23N3O4. The first kappa shape index (κ1) is 19.2. The van der Waals surface area contributed by atoms with Gasteiger partial charge >= 0.3 is 6.09 Å². The molecule has 0 saturated carbocycles. The number of nitro benzene ring substituents is 1. The van der Waals surface area contributed by atoms with Crippen LogP contribution in [0.1, 0.15) is 32.4 Å². The van der Waals surface area contributed by atoms with Crippen LogP contribution in [-0.2, 0) is 4.74 Å². The zero-order valence-electron chi connectivity index (χ0n) is 15.1. The molecule has 0 spiro atoms. The standard InChI is InChI=1S/C19H23N3O4/c1-19(2,3)26-18(23)21-16(14-9-5-4-6-10-14)13-20-15-11-7-8-12-17(15)22(24)25/h4-12,16,20H,13H2,1-3H3,(H,21,23)/t16-/m0/s1. The summed E-state index contributed by atoms with van der Waals surface area (Å²) in [7, 11) is 0. The van der Waals surface area contributed by atoms with Crippen LogP contribution in [0, 0.1) is 10.1 Å². The first-order chi connectivity index (χ1) is 12.3. The van der Waals surface area contributed by atoms with Gasteiger partial charge in [0.2, 0.25) is 0 Å². The highest BCUT2D eigenvalue weighted by Crippen LogP contribution is 2.24. The summed E-state index contributed by atoms with van der Waals surface area (Å²) in [5.41, 5.74) is 0.627. The van der Waals surface area contributed by atoms with Crippen molar-refractivity contribution in [2.75, 3.05) is 11.9 Å². The number of amides is 1. The second kappa shape index (κ2) is 8.33. The summed E-state index contributed by atoms with van der Waals surface area (Å²) in [5.74, 6) is 0. The zero-order chi connectivity index (χ0) is 19.2. The summed E-state index contributed by atoms with van der Waals surface area (Å²) in [5, 5.41) is 17.0. The molecule has 2 rings (SSSR count). The molecule has 138 valence electrons. The van der Waals surface area contributed by atoms with Gasteiger partial charge in [0.25, 0.3) is 5.69 Å². The number of hydrogen-bond donors (Lipinski definition) is 2. The van der Waals surface area contributed by atoms with E-state index in [2.05, 4.69) is 10.6 Å². The van der Waals surface area contributed by atoms with Crippen molar-refractivity contribution < 1.29 is 14.5 Å². The molecule has 0 radical (unpaired) electrons. The molecule has 2 N–H and O–H groups in total. The van der Waals surface area contributed by atoms with Gasteiger partial charge in [-0.15, -0.1) is 0 Å². The summed E-state index contributed by atoms with van der Waals surface area (Å²) in [6, 6.07) is 15.3. The maximum absolute atomic E-state index is 12.2. The van der Waals surface area contributed by atoms with Gasteiger partial charge in [0.05, 0.1) is 11.0 Å². The van der Waals surface area contributed by atoms with E-state index < -0.39 is 22.7 Å². The van der Waals surface area contributed by atoms with Crippen molar-refractivity contribution in [3.63, 3.8) is 0 Å². The minimum atomic E-state index is -0.614. The zero-order valence-corrected chi connectivity index (χ0v) is 15.1. The van der Waals surface area contributed by atoms with Crippen LogP contribution in [-0.4, -0.2) is 23.2 Å². The van der Waals surface area contributed by atoms with E-state index in [1.165, 1.54) is 6.07 Å². The highest BCUT2D eigenvalue weighted by Gasteiger charge is 2.21. The van der Waals surface area contributed by atoms with E-state index in [0.29, 0.717) is 5.69 Å². The van der Waals surface area contributed by atoms with E-state index in [1.807, 2.05) is 30.3 Å². The fraction of sp³-hybridized carbons (Fsp3) is 0.316. The second-order valence-corrected chi connectivity index (χ2v) is 6.76. The lowest BCUT2D eigenvalue weighted by Crippen LogP contribution is -2.37. The molecule has 0 aliphatic carbocycles. The third-order valence-electron chi connectivity index (χ3n) is 3.49. The van der Waals surface area contributed by atoms with Crippen LogP contribution in [0.5, 0.6) is 0 Å². The molecule has 2 aromatic rings. The van der Waals surface area contributed by atoms with Crippen molar-refractivity contribution in [3.8, 4) is 0 Å². The lowest BCUT2D eigenvalue weighted by Gasteiger charge is -2.24. The molecular weight excluding hydrogens is 334 g/mol. The molecule has 0 saturated heterocycles.